The van der Waals surface area contributed by atoms with E-state index < -0.39 is 29.9 Å². The molecule has 12 heteroatoms. The van der Waals surface area contributed by atoms with Crippen molar-refractivity contribution in [3.63, 3.8) is 0 Å². The maximum absolute atomic E-state index is 12.9. The van der Waals surface area contributed by atoms with Gasteiger partial charge in [0.1, 0.15) is 0 Å². The van der Waals surface area contributed by atoms with E-state index in [1.165, 1.54) is 6.08 Å². The van der Waals surface area contributed by atoms with Crippen LogP contribution < -0.4 is 16.5 Å². The summed E-state index contributed by atoms with van der Waals surface area (Å²) in [6, 6.07) is 7.61. The molecule has 0 aliphatic carbocycles. The molecule has 0 bridgehead atoms. The lowest BCUT2D eigenvalue weighted by Gasteiger charge is -2.23. The summed E-state index contributed by atoms with van der Waals surface area (Å²) in [6.45, 7) is 5.85. The van der Waals surface area contributed by atoms with E-state index in [0.29, 0.717) is 12.8 Å². The molecule has 2 atom stereocenters. The van der Waals surface area contributed by atoms with Crippen molar-refractivity contribution in [2.24, 2.45) is 22.6 Å². The molecule has 0 aliphatic rings. The molecule has 0 spiro atoms. The van der Waals surface area contributed by atoms with Crippen LogP contribution in [0.4, 0.5) is 0 Å². The summed E-state index contributed by atoms with van der Waals surface area (Å²) in [6.07, 6.45) is 3.94. The molecule has 0 saturated heterocycles. The first kappa shape index (κ1) is 28.8. The zero-order chi connectivity index (χ0) is 25.7. The number of carbonyl (C=O) groups is 2. The number of guanidine groups is 1. The molecule has 186 valence electrons. The summed E-state index contributed by atoms with van der Waals surface area (Å²) in [5, 5.41) is 31.4. The Morgan fingerprint density at radius 1 is 1.26 bits per heavy atom. The average Bonchev–Trinajstić information content (AvgIpc) is 2.74. The van der Waals surface area contributed by atoms with Gasteiger partial charge in [-0.1, -0.05) is 55.2 Å². The third-order valence-electron chi connectivity index (χ3n) is 4.97. The van der Waals surface area contributed by atoms with Gasteiger partial charge >= 0.3 is 7.12 Å². The second-order valence-corrected chi connectivity index (χ2v) is 8.55. The highest BCUT2D eigenvalue weighted by atomic mass is 16.7. The molecule has 1 amide bonds. The number of ketones is 1. The fourth-order valence-corrected chi connectivity index (χ4v) is 3.23. The number of nitro groups is 1. The summed E-state index contributed by atoms with van der Waals surface area (Å²) in [7, 11) is -1.73. The number of benzene rings is 1. The van der Waals surface area contributed by atoms with Gasteiger partial charge in [0.2, 0.25) is 5.91 Å². The molecule has 0 heterocycles. The lowest BCUT2D eigenvalue weighted by Crippen LogP contribution is -2.49. The van der Waals surface area contributed by atoms with E-state index in [4.69, 9.17) is 5.73 Å². The molecular formula is C22H34BN5O6. The molecule has 34 heavy (non-hydrogen) atoms. The number of hydrogen-bond donors (Lipinski definition) is 5. The van der Waals surface area contributed by atoms with Crippen molar-refractivity contribution < 1.29 is 24.7 Å². The summed E-state index contributed by atoms with van der Waals surface area (Å²) in [5.41, 5.74) is 9.06. The predicted octanol–water partition coefficient (Wildman–Crippen LogP) is 1.00. The Labute approximate surface area is 199 Å². The van der Waals surface area contributed by atoms with Crippen LogP contribution in [0, 0.1) is 28.9 Å². The Morgan fingerprint density at radius 3 is 2.47 bits per heavy atom. The average molecular weight is 475 g/mol. The minimum absolute atomic E-state index is 0.0868. The number of allylic oxidation sites excluding steroid dienone is 1. The molecule has 0 unspecified atom stereocenters. The maximum Gasteiger partial charge on any atom is 0.475 e. The Bertz CT molecular complexity index is 873. The highest BCUT2D eigenvalue weighted by molar-refractivity contribution is 6.43. The standard InChI is InChI=1S/C22H34BN5O6/c1-15(2)13-20(23(31)32)26-21(30)18(5-4-12-25-22(24)27-28(33)34)14-19(29)11-10-17-8-6-16(3)7-9-17/h6-11,15,18,20,31-32H,4-5,12-14H2,1-3H3,(H,26,30)(H3,24,25,27)/b11-10+/t18-,20+/m1/s1. The second-order valence-electron chi connectivity index (χ2n) is 8.55. The number of nitrogens with zero attached hydrogens (tertiary/aromatic N) is 2. The van der Waals surface area contributed by atoms with Crippen molar-refractivity contribution in [1.82, 2.24) is 10.7 Å². The van der Waals surface area contributed by atoms with Gasteiger partial charge in [-0.15, -0.1) is 0 Å². The van der Waals surface area contributed by atoms with Crippen LogP contribution in [0.5, 0.6) is 0 Å². The zero-order valence-corrected chi connectivity index (χ0v) is 19.8. The normalized spacial score (nSPS) is 13.5. The van der Waals surface area contributed by atoms with E-state index in [2.05, 4.69) is 10.3 Å². The largest absolute Gasteiger partial charge is 0.475 e. The van der Waals surface area contributed by atoms with Gasteiger partial charge in [-0.2, -0.15) is 0 Å². The van der Waals surface area contributed by atoms with Crippen LogP contribution in [-0.4, -0.2) is 52.3 Å². The maximum atomic E-state index is 12.9. The van der Waals surface area contributed by atoms with Crippen molar-refractivity contribution in [3.8, 4) is 0 Å². The van der Waals surface area contributed by atoms with Gasteiger partial charge in [0.15, 0.2) is 10.8 Å². The first-order chi connectivity index (χ1) is 16.0. The van der Waals surface area contributed by atoms with Gasteiger partial charge in [0.25, 0.3) is 5.96 Å². The smallest absolute Gasteiger partial charge is 0.426 e. The summed E-state index contributed by atoms with van der Waals surface area (Å²) >= 11 is 0. The van der Waals surface area contributed by atoms with Crippen LogP contribution in [0.25, 0.3) is 6.08 Å². The summed E-state index contributed by atoms with van der Waals surface area (Å²) < 4.78 is 0. The number of amides is 1. The monoisotopic (exact) mass is 475 g/mol. The number of nitrogens with two attached hydrogens (primary N) is 1. The second kappa shape index (κ2) is 14.8. The van der Waals surface area contributed by atoms with Crippen molar-refractivity contribution in [3.05, 3.63) is 51.6 Å². The van der Waals surface area contributed by atoms with E-state index >= 15 is 0 Å². The molecule has 0 saturated carbocycles. The Kier molecular flexibility index (Phi) is 12.5. The van der Waals surface area contributed by atoms with Crippen molar-refractivity contribution in [2.45, 2.75) is 52.4 Å². The van der Waals surface area contributed by atoms with Gasteiger partial charge in [-0.05, 0) is 43.7 Å². The molecule has 1 aromatic rings. The van der Waals surface area contributed by atoms with Gasteiger partial charge in [0.05, 0.1) is 5.94 Å². The summed E-state index contributed by atoms with van der Waals surface area (Å²) in [4.78, 5) is 39.6. The molecule has 0 fully saturated rings. The van der Waals surface area contributed by atoms with Crippen molar-refractivity contribution >= 4 is 30.8 Å². The molecule has 0 aromatic heterocycles. The zero-order valence-electron chi connectivity index (χ0n) is 19.8. The minimum atomic E-state index is -1.73. The topological polar surface area (TPSA) is 180 Å². The van der Waals surface area contributed by atoms with E-state index in [1.807, 2.05) is 45.0 Å². The van der Waals surface area contributed by atoms with Crippen LogP contribution in [0.1, 0.15) is 50.7 Å². The Balaban J connectivity index is 2.85. The molecule has 11 nitrogen and oxygen atoms in total. The van der Waals surface area contributed by atoms with Gasteiger partial charge < -0.3 is 21.1 Å². The number of hydrogen-bond acceptors (Lipinski definition) is 7. The van der Waals surface area contributed by atoms with Crippen LogP contribution in [0.2, 0.25) is 0 Å². The fourth-order valence-electron chi connectivity index (χ4n) is 3.23. The minimum Gasteiger partial charge on any atom is -0.426 e. The number of aliphatic imine (C=N–C) groups is 1. The lowest BCUT2D eigenvalue weighted by molar-refractivity contribution is -0.525. The number of nitrogens with one attached hydrogen (secondary N) is 2. The molecular weight excluding hydrogens is 441 g/mol. The van der Waals surface area contributed by atoms with Crippen LogP contribution in [-0.2, 0) is 9.59 Å². The Hall–Kier alpha value is -3.25. The van der Waals surface area contributed by atoms with Gasteiger partial charge in [0, 0.05) is 18.9 Å². The Morgan fingerprint density at radius 2 is 1.91 bits per heavy atom. The number of hydrazine groups is 1. The van der Waals surface area contributed by atoms with Gasteiger partial charge in [-0.25, -0.2) is 15.1 Å². The third kappa shape index (κ3) is 12.1. The van der Waals surface area contributed by atoms with Crippen molar-refractivity contribution in [1.29, 1.82) is 0 Å². The highest BCUT2D eigenvalue weighted by Gasteiger charge is 2.29. The molecule has 6 N–H and O–H groups in total. The first-order valence-electron chi connectivity index (χ1n) is 11.1. The third-order valence-corrected chi connectivity index (χ3v) is 4.97. The predicted molar refractivity (Wildman–Crippen MR) is 131 cm³/mol. The SMILES string of the molecule is Cc1ccc(/C=C/C(=O)C[C@@H](CCCN=C(N)N[N+](=O)[O-])C(=O)N[C@@H](CC(C)C)B(O)O)cc1. The number of carbonyl (C=O) groups excluding carboxylic acids is 2. The van der Waals surface area contributed by atoms with E-state index in [-0.39, 0.29) is 37.0 Å². The van der Waals surface area contributed by atoms with Crippen LogP contribution >= 0.6 is 0 Å². The van der Waals surface area contributed by atoms with Crippen LogP contribution in [0.3, 0.4) is 0 Å². The quantitative estimate of drug-likeness (QED) is 0.0503. The lowest BCUT2D eigenvalue weighted by atomic mass is 9.74. The molecule has 0 aliphatic heterocycles. The molecule has 1 aromatic carbocycles. The van der Waals surface area contributed by atoms with E-state index in [1.54, 1.807) is 11.5 Å². The van der Waals surface area contributed by atoms with E-state index in [0.717, 1.165) is 11.1 Å². The molecule has 0 radical (unpaired) electrons. The summed E-state index contributed by atoms with van der Waals surface area (Å²) in [5.74, 6) is -2.60. The number of aryl methyl sites for hydroxylation is 1. The van der Waals surface area contributed by atoms with Crippen LogP contribution in [0.15, 0.2) is 35.3 Å². The van der Waals surface area contributed by atoms with Crippen molar-refractivity contribution in [2.75, 3.05) is 6.54 Å². The fraction of sp³-hybridized carbons (Fsp3) is 0.500. The van der Waals surface area contributed by atoms with E-state index in [9.17, 15) is 29.8 Å². The van der Waals surface area contributed by atoms with Gasteiger partial charge in [-0.3, -0.25) is 9.59 Å². The number of rotatable bonds is 14. The first-order valence-corrected chi connectivity index (χ1v) is 11.1. The molecule has 1 rings (SSSR count). The highest BCUT2D eigenvalue weighted by Crippen LogP contribution is 2.16.